The fraction of sp³-hybridized carbons (Fsp3) is 1.00. The predicted molar refractivity (Wildman–Crippen MR) is 61.1 cm³/mol. The number of nitrogens with one attached hydrogen (secondary N) is 2. The van der Waals surface area contributed by atoms with Gasteiger partial charge < -0.3 is 32.1 Å². The Labute approximate surface area is 95.8 Å². The first-order chi connectivity index (χ1) is 7.51. The molecule has 0 heterocycles. The van der Waals surface area contributed by atoms with Gasteiger partial charge >= 0.3 is 0 Å². The van der Waals surface area contributed by atoms with Crippen molar-refractivity contribution in [2.24, 2.45) is 11.5 Å². The third-order valence-electron chi connectivity index (χ3n) is 2.33. The van der Waals surface area contributed by atoms with Gasteiger partial charge in [0.25, 0.3) is 0 Å². The maximum atomic E-state index is 9.54. The molecule has 0 saturated heterocycles. The third kappa shape index (κ3) is 7.07. The maximum absolute atomic E-state index is 9.54. The van der Waals surface area contributed by atoms with Crippen molar-refractivity contribution < 1.29 is 15.3 Å². The molecule has 9 N–H and O–H groups in total. The summed E-state index contributed by atoms with van der Waals surface area (Å²) in [5.41, 5.74) is 11.0. The maximum Gasteiger partial charge on any atom is 0.118 e. The van der Waals surface area contributed by atoms with E-state index in [4.69, 9.17) is 16.6 Å². The van der Waals surface area contributed by atoms with Crippen LogP contribution in [0.4, 0.5) is 0 Å². The lowest BCUT2D eigenvalue weighted by Crippen LogP contribution is -2.53. The summed E-state index contributed by atoms with van der Waals surface area (Å²) in [6.45, 7) is 0.0185. The van der Waals surface area contributed by atoms with Gasteiger partial charge in [-0.1, -0.05) is 0 Å². The fourth-order valence-electron chi connectivity index (χ4n) is 1.31. The lowest BCUT2D eigenvalue weighted by molar-refractivity contribution is 0.0532. The number of hydrogen-bond acceptors (Lipinski definition) is 7. The molecule has 0 bridgehead atoms. The van der Waals surface area contributed by atoms with E-state index in [9.17, 15) is 10.2 Å². The standard InChI is InChI=1S/C9H24N4O3/c1-12-7(10)5-6(9(11)16)13-8(15)3-2-4-14/h6-9,12-16H,2-5,10-11H2,1H3. The molecular formula is C9H24N4O3. The van der Waals surface area contributed by atoms with Gasteiger partial charge in [-0.2, -0.15) is 0 Å². The summed E-state index contributed by atoms with van der Waals surface area (Å²) in [6, 6.07) is -0.490. The minimum Gasteiger partial charge on any atom is -0.396 e. The number of hydrogen-bond donors (Lipinski definition) is 7. The molecule has 7 nitrogen and oxygen atoms in total. The third-order valence-corrected chi connectivity index (χ3v) is 2.33. The molecular weight excluding hydrogens is 212 g/mol. The number of aliphatic hydroxyl groups is 3. The van der Waals surface area contributed by atoms with E-state index in [0.717, 1.165) is 0 Å². The zero-order chi connectivity index (χ0) is 12.6. The van der Waals surface area contributed by atoms with Gasteiger partial charge in [0.2, 0.25) is 0 Å². The van der Waals surface area contributed by atoms with Crippen LogP contribution in [0.3, 0.4) is 0 Å². The van der Waals surface area contributed by atoms with E-state index < -0.39 is 18.5 Å². The molecule has 0 saturated carbocycles. The molecule has 4 atom stereocenters. The summed E-state index contributed by atoms with van der Waals surface area (Å²) < 4.78 is 0. The van der Waals surface area contributed by atoms with E-state index in [1.54, 1.807) is 7.05 Å². The molecule has 98 valence electrons. The second kappa shape index (κ2) is 8.82. The molecule has 0 aromatic carbocycles. The molecule has 0 fully saturated rings. The van der Waals surface area contributed by atoms with Crippen molar-refractivity contribution in [1.29, 1.82) is 0 Å². The van der Waals surface area contributed by atoms with Crippen LogP contribution in [0, 0.1) is 0 Å². The van der Waals surface area contributed by atoms with Gasteiger partial charge in [-0.3, -0.25) is 5.32 Å². The van der Waals surface area contributed by atoms with Crippen molar-refractivity contribution in [3.63, 3.8) is 0 Å². The molecule has 0 aromatic heterocycles. The van der Waals surface area contributed by atoms with Crippen LogP contribution in [0.1, 0.15) is 19.3 Å². The zero-order valence-corrected chi connectivity index (χ0v) is 9.63. The molecule has 0 aliphatic carbocycles. The molecule has 0 aliphatic heterocycles. The van der Waals surface area contributed by atoms with Gasteiger partial charge in [0.1, 0.15) is 12.5 Å². The Morgan fingerprint density at radius 2 is 1.88 bits per heavy atom. The first-order valence-corrected chi connectivity index (χ1v) is 5.42. The average Bonchev–Trinajstić information content (AvgIpc) is 2.24. The van der Waals surface area contributed by atoms with Crippen molar-refractivity contribution >= 4 is 0 Å². The molecule has 7 heteroatoms. The molecule has 16 heavy (non-hydrogen) atoms. The number of rotatable bonds is 9. The first kappa shape index (κ1) is 15.7. The Bertz CT molecular complexity index is 171. The molecule has 0 aromatic rings. The van der Waals surface area contributed by atoms with Crippen molar-refractivity contribution in [2.45, 2.75) is 43.9 Å². The smallest absolute Gasteiger partial charge is 0.118 e. The van der Waals surface area contributed by atoms with E-state index in [1.807, 2.05) is 0 Å². The van der Waals surface area contributed by atoms with Crippen LogP contribution < -0.4 is 22.1 Å². The monoisotopic (exact) mass is 236 g/mol. The highest BCUT2D eigenvalue weighted by atomic mass is 16.3. The van der Waals surface area contributed by atoms with E-state index >= 15 is 0 Å². The predicted octanol–water partition coefficient (Wildman–Crippen LogP) is -2.79. The van der Waals surface area contributed by atoms with Crippen molar-refractivity contribution in [3.05, 3.63) is 0 Å². The Morgan fingerprint density at radius 3 is 2.31 bits per heavy atom. The fourth-order valence-corrected chi connectivity index (χ4v) is 1.31. The zero-order valence-electron chi connectivity index (χ0n) is 9.63. The Kier molecular flexibility index (Phi) is 8.67. The highest BCUT2D eigenvalue weighted by molar-refractivity contribution is 4.77. The Balaban J connectivity index is 4.01. The van der Waals surface area contributed by atoms with Crippen molar-refractivity contribution in [2.75, 3.05) is 13.7 Å². The summed E-state index contributed by atoms with van der Waals surface area (Å²) in [7, 11) is 1.70. The van der Waals surface area contributed by atoms with E-state index in [2.05, 4.69) is 10.6 Å². The van der Waals surface area contributed by atoms with Crippen LogP contribution in [-0.4, -0.2) is 53.6 Å². The lowest BCUT2D eigenvalue weighted by Gasteiger charge is -2.26. The minimum atomic E-state index is -1.09. The Hall–Kier alpha value is -0.280. The van der Waals surface area contributed by atoms with Gasteiger partial charge in [-0.05, 0) is 26.3 Å². The molecule has 0 aliphatic rings. The summed E-state index contributed by atoms with van der Waals surface area (Å²) in [6.07, 6.45) is -0.929. The van der Waals surface area contributed by atoms with E-state index in [-0.39, 0.29) is 12.8 Å². The van der Waals surface area contributed by atoms with Crippen molar-refractivity contribution in [1.82, 2.24) is 10.6 Å². The highest BCUT2D eigenvalue weighted by Gasteiger charge is 2.20. The Morgan fingerprint density at radius 1 is 1.25 bits per heavy atom. The van der Waals surface area contributed by atoms with Crippen LogP contribution >= 0.6 is 0 Å². The van der Waals surface area contributed by atoms with Gasteiger partial charge in [0.15, 0.2) is 0 Å². The van der Waals surface area contributed by atoms with Gasteiger partial charge in [0.05, 0.1) is 12.2 Å². The van der Waals surface area contributed by atoms with Gasteiger partial charge in [-0.25, -0.2) is 0 Å². The van der Waals surface area contributed by atoms with Crippen LogP contribution in [0.15, 0.2) is 0 Å². The quantitative estimate of drug-likeness (QED) is 0.215. The summed E-state index contributed by atoms with van der Waals surface area (Å²) >= 11 is 0. The summed E-state index contributed by atoms with van der Waals surface area (Å²) in [5.74, 6) is 0. The lowest BCUT2D eigenvalue weighted by atomic mass is 10.1. The second-order valence-electron chi connectivity index (χ2n) is 3.78. The van der Waals surface area contributed by atoms with Crippen molar-refractivity contribution in [3.8, 4) is 0 Å². The number of aliphatic hydroxyl groups excluding tert-OH is 3. The van der Waals surface area contributed by atoms with Crippen LogP contribution in [0.25, 0.3) is 0 Å². The molecule has 0 amide bonds. The average molecular weight is 236 g/mol. The van der Waals surface area contributed by atoms with Crippen LogP contribution in [0.2, 0.25) is 0 Å². The first-order valence-electron chi connectivity index (χ1n) is 5.42. The largest absolute Gasteiger partial charge is 0.396 e. The number of nitrogens with two attached hydrogens (primary N) is 2. The van der Waals surface area contributed by atoms with Crippen LogP contribution in [-0.2, 0) is 0 Å². The van der Waals surface area contributed by atoms with Gasteiger partial charge in [0, 0.05) is 6.61 Å². The normalized spacial score (nSPS) is 19.1. The second-order valence-corrected chi connectivity index (χ2v) is 3.78. The summed E-state index contributed by atoms with van der Waals surface area (Å²) in [5, 5.41) is 33.0. The molecule has 0 rings (SSSR count). The topological polar surface area (TPSA) is 137 Å². The SMILES string of the molecule is CNC(N)CC(NC(O)CCCO)C(N)O. The molecule has 0 spiro atoms. The minimum absolute atomic E-state index is 0.0185. The molecule has 0 radical (unpaired) electrons. The highest BCUT2D eigenvalue weighted by Crippen LogP contribution is 2.01. The van der Waals surface area contributed by atoms with Crippen LogP contribution in [0.5, 0.6) is 0 Å². The molecule has 4 unspecified atom stereocenters. The summed E-state index contributed by atoms with van der Waals surface area (Å²) in [4.78, 5) is 0. The van der Waals surface area contributed by atoms with E-state index in [0.29, 0.717) is 19.3 Å². The van der Waals surface area contributed by atoms with Gasteiger partial charge in [-0.15, -0.1) is 0 Å². The van der Waals surface area contributed by atoms with E-state index in [1.165, 1.54) is 0 Å².